The molecule has 0 aliphatic rings. The summed E-state index contributed by atoms with van der Waals surface area (Å²) >= 11 is 0. The van der Waals surface area contributed by atoms with Gasteiger partial charge in [0.1, 0.15) is 6.61 Å². The molecular formula is C19H16NNaO4. The molecule has 0 atom stereocenters. The molecule has 0 saturated carbocycles. The number of carbonyl (C=O) groups excluding carboxylic acids is 1. The van der Waals surface area contributed by atoms with Crippen LogP contribution in [0.25, 0.3) is 10.8 Å². The summed E-state index contributed by atoms with van der Waals surface area (Å²) in [6.45, 7) is 0.289. The number of anilines is 1. The van der Waals surface area contributed by atoms with Crippen molar-refractivity contribution in [2.75, 3.05) is 12.4 Å². The van der Waals surface area contributed by atoms with Crippen LogP contribution in [-0.4, -0.2) is 13.0 Å². The van der Waals surface area contributed by atoms with Crippen molar-refractivity contribution in [3.8, 4) is 5.75 Å². The van der Waals surface area contributed by atoms with Crippen LogP contribution < -0.4 is 40.0 Å². The second kappa shape index (κ2) is 8.99. The molecule has 0 unspecified atom stereocenters. The second-order valence-electron chi connectivity index (χ2n) is 5.28. The second-order valence-corrected chi connectivity index (χ2v) is 5.28. The van der Waals surface area contributed by atoms with Crippen LogP contribution in [0.3, 0.4) is 0 Å². The first-order valence-corrected chi connectivity index (χ1v) is 7.43. The fraction of sp³-hybridized carbons (Fsp3) is 0.105. The van der Waals surface area contributed by atoms with Gasteiger partial charge in [0.15, 0.2) is 0 Å². The molecule has 3 aromatic carbocycles. The standard InChI is InChI=1S/C19H17NO4.Na/c1-23-24-12-13-7-8-14-11-18(21)17(10-15(14)9-13)19(22)20-16-5-3-2-4-6-16;/h2-11,21H,12H2,1H3,(H,20,22);/q;+1/p-1. The van der Waals surface area contributed by atoms with Crippen molar-refractivity contribution in [2.45, 2.75) is 6.61 Å². The number of carbonyl (C=O) groups is 1. The van der Waals surface area contributed by atoms with Crippen LogP contribution in [0.1, 0.15) is 15.9 Å². The molecular weight excluding hydrogens is 329 g/mol. The van der Waals surface area contributed by atoms with Gasteiger partial charge in [-0.2, -0.15) is 0 Å². The molecule has 0 spiro atoms. The minimum Gasteiger partial charge on any atom is -0.872 e. The third kappa shape index (κ3) is 4.81. The summed E-state index contributed by atoms with van der Waals surface area (Å²) in [5.41, 5.74) is 1.64. The molecule has 0 heterocycles. The van der Waals surface area contributed by atoms with Gasteiger partial charge in [-0.15, -0.1) is 0 Å². The van der Waals surface area contributed by atoms with Gasteiger partial charge in [0.05, 0.1) is 7.11 Å². The Bertz CT molecular complexity index is 868. The van der Waals surface area contributed by atoms with E-state index >= 15 is 0 Å². The molecule has 0 saturated heterocycles. The number of hydrogen-bond donors (Lipinski definition) is 1. The van der Waals surface area contributed by atoms with E-state index in [-0.39, 0.29) is 47.5 Å². The maximum Gasteiger partial charge on any atom is 1.00 e. The number of rotatable bonds is 5. The Kier molecular flexibility index (Phi) is 6.99. The summed E-state index contributed by atoms with van der Waals surface area (Å²) in [5, 5.41) is 16.5. The molecule has 1 N–H and O–H groups in total. The zero-order valence-electron chi connectivity index (χ0n) is 14.1. The third-order valence-electron chi connectivity index (χ3n) is 3.62. The Labute approximate surface area is 167 Å². The molecule has 0 bridgehead atoms. The molecule has 1 amide bonds. The third-order valence-corrected chi connectivity index (χ3v) is 3.62. The van der Waals surface area contributed by atoms with Crippen molar-refractivity contribution in [3.63, 3.8) is 0 Å². The quantitative estimate of drug-likeness (QED) is 0.409. The molecule has 0 fully saturated rings. The van der Waals surface area contributed by atoms with Gasteiger partial charge in [-0.1, -0.05) is 42.1 Å². The SMILES string of the molecule is COOCc1ccc2cc([O-])c(C(=O)Nc3ccccc3)cc2c1.[Na+]. The van der Waals surface area contributed by atoms with Crippen molar-refractivity contribution in [1.82, 2.24) is 0 Å². The molecule has 5 nitrogen and oxygen atoms in total. The summed E-state index contributed by atoms with van der Waals surface area (Å²) in [6, 6.07) is 17.6. The van der Waals surface area contributed by atoms with E-state index in [1.807, 2.05) is 36.4 Å². The average molecular weight is 345 g/mol. The summed E-state index contributed by atoms with van der Waals surface area (Å²) < 4.78 is 0. The van der Waals surface area contributed by atoms with Crippen LogP contribution in [0, 0.1) is 0 Å². The molecule has 0 aromatic heterocycles. The number of para-hydroxylation sites is 1. The van der Waals surface area contributed by atoms with Crippen molar-refractivity contribution in [2.24, 2.45) is 0 Å². The van der Waals surface area contributed by atoms with Crippen molar-refractivity contribution < 1.29 is 49.2 Å². The van der Waals surface area contributed by atoms with Crippen LogP contribution in [-0.2, 0) is 16.4 Å². The minimum absolute atomic E-state index is 0. The molecule has 3 rings (SSSR count). The van der Waals surface area contributed by atoms with Gasteiger partial charge in [0, 0.05) is 11.3 Å². The predicted molar refractivity (Wildman–Crippen MR) is 89.6 cm³/mol. The molecule has 0 radical (unpaired) electrons. The monoisotopic (exact) mass is 345 g/mol. The van der Waals surface area contributed by atoms with Crippen LogP contribution >= 0.6 is 0 Å². The van der Waals surface area contributed by atoms with E-state index in [2.05, 4.69) is 10.2 Å². The maximum absolute atomic E-state index is 12.4. The molecule has 0 aliphatic heterocycles. The topological polar surface area (TPSA) is 70.6 Å². The van der Waals surface area contributed by atoms with Crippen LogP contribution in [0.2, 0.25) is 0 Å². The van der Waals surface area contributed by atoms with Crippen LogP contribution in [0.5, 0.6) is 5.75 Å². The van der Waals surface area contributed by atoms with Gasteiger partial charge < -0.3 is 10.4 Å². The zero-order chi connectivity index (χ0) is 16.9. The first-order chi connectivity index (χ1) is 11.7. The number of nitrogens with one attached hydrogen (secondary N) is 1. The Morgan fingerprint density at radius 2 is 1.80 bits per heavy atom. The number of fused-ring (bicyclic) bond motifs is 1. The van der Waals surface area contributed by atoms with E-state index in [0.717, 1.165) is 16.3 Å². The minimum atomic E-state index is -0.424. The Balaban J connectivity index is 0.00000225. The fourth-order valence-electron chi connectivity index (χ4n) is 2.44. The number of amides is 1. The molecule has 25 heavy (non-hydrogen) atoms. The summed E-state index contributed by atoms with van der Waals surface area (Å²) in [7, 11) is 1.44. The van der Waals surface area contributed by atoms with E-state index in [1.165, 1.54) is 13.2 Å². The van der Waals surface area contributed by atoms with E-state index in [0.29, 0.717) is 5.69 Å². The van der Waals surface area contributed by atoms with E-state index in [1.54, 1.807) is 18.2 Å². The number of benzene rings is 3. The largest absolute Gasteiger partial charge is 1.00 e. The van der Waals surface area contributed by atoms with E-state index in [4.69, 9.17) is 4.89 Å². The summed E-state index contributed by atoms with van der Waals surface area (Å²) in [4.78, 5) is 21.9. The summed E-state index contributed by atoms with van der Waals surface area (Å²) in [6.07, 6.45) is 0. The van der Waals surface area contributed by atoms with E-state index < -0.39 is 5.91 Å². The molecule has 3 aromatic rings. The smallest absolute Gasteiger partial charge is 0.872 e. The zero-order valence-corrected chi connectivity index (χ0v) is 16.1. The van der Waals surface area contributed by atoms with Crippen LogP contribution in [0.4, 0.5) is 5.69 Å². The summed E-state index contributed by atoms with van der Waals surface area (Å²) in [5.74, 6) is -0.733. The van der Waals surface area contributed by atoms with Gasteiger partial charge in [-0.3, -0.25) is 4.79 Å². The Hall–Kier alpha value is -1.89. The molecule has 0 aliphatic carbocycles. The fourth-order valence-corrected chi connectivity index (χ4v) is 2.44. The first-order valence-electron chi connectivity index (χ1n) is 7.43. The maximum atomic E-state index is 12.4. The first kappa shape index (κ1) is 19.4. The normalized spacial score (nSPS) is 10.3. The Morgan fingerprint density at radius 3 is 2.52 bits per heavy atom. The van der Waals surface area contributed by atoms with Crippen molar-refractivity contribution in [1.29, 1.82) is 0 Å². The van der Waals surface area contributed by atoms with Crippen molar-refractivity contribution in [3.05, 3.63) is 71.8 Å². The van der Waals surface area contributed by atoms with Crippen LogP contribution in [0.15, 0.2) is 60.7 Å². The van der Waals surface area contributed by atoms with E-state index in [9.17, 15) is 9.90 Å². The molecule has 6 heteroatoms. The van der Waals surface area contributed by atoms with Gasteiger partial charge in [-0.25, -0.2) is 9.78 Å². The van der Waals surface area contributed by atoms with Crippen molar-refractivity contribution >= 4 is 22.4 Å². The number of hydrogen-bond acceptors (Lipinski definition) is 4. The Morgan fingerprint density at radius 1 is 1.04 bits per heavy atom. The average Bonchev–Trinajstić information content (AvgIpc) is 2.60. The molecule has 122 valence electrons. The van der Waals surface area contributed by atoms with Gasteiger partial charge in [0.25, 0.3) is 5.91 Å². The predicted octanol–water partition coefficient (Wildman–Crippen LogP) is 0.248. The van der Waals surface area contributed by atoms with Gasteiger partial charge in [-0.05, 0) is 40.6 Å². The van der Waals surface area contributed by atoms with Gasteiger partial charge in [0.2, 0.25) is 0 Å². The van der Waals surface area contributed by atoms with Gasteiger partial charge >= 0.3 is 29.6 Å².